The second kappa shape index (κ2) is 10.0. The minimum atomic E-state index is -0.558. The van der Waals surface area contributed by atoms with Gasteiger partial charge in [0, 0.05) is 12.1 Å². The van der Waals surface area contributed by atoms with Gasteiger partial charge in [0.15, 0.2) is 0 Å². The fourth-order valence-electron chi connectivity index (χ4n) is 4.35. The Morgan fingerprint density at radius 2 is 1.48 bits per heavy atom. The van der Waals surface area contributed by atoms with E-state index in [0.29, 0.717) is 12.1 Å². The van der Waals surface area contributed by atoms with Crippen LogP contribution in [0.2, 0.25) is 0 Å². The molecule has 2 aliphatic rings. The van der Waals surface area contributed by atoms with E-state index in [1.54, 1.807) is 0 Å². The van der Waals surface area contributed by atoms with Gasteiger partial charge < -0.3 is 15.0 Å². The molecule has 0 heterocycles. The van der Waals surface area contributed by atoms with E-state index in [9.17, 15) is 9.59 Å². The molecule has 0 aromatic heterocycles. The molecule has 2 atom stereocenters. The van der Waals surface area contributed by atoms with E-state index >= 15 is 0 Å². The van der Waals surface area contributed by atoms with Crippen molar-refractivity contribution in [2.24, 2.45) is 5.92 Å². The Labute approximate surface area is 152 Å². The highest BCUT2D eigenvalue weighted by atomic mass is 16.5. The third-order valence-corrected chi connectivity index (χ3v) is 6.12. The van der Waals surface area contributed by atoms with Gasteiger partial charge >= 0.3 is 12.0 Å². The van der Waals surface area contributed by atoms with Crippen LogP contribution in [0.3, 0.4) is 0 Å². The van der Waals surface area contributed by atoms with Crippen molar-refractivity contribution in [2.45, 2.75) is 103 Å². The molecule has 0 saturated heterocycles. The summed E-state index contributed by atoms with van der Waals surface area (Å²) in [5.41, 5.74) is 0. The first-order chi connectivity index (χ1) is 12.1. The van der Waals surface area contributed by atoms with E-state index in [4.69, 9.17) is 4.74 Å². The molecule has 2 fully saturated rings. The van der Waals surface area contributed by atoms with Gasteiger partial charge in [-0.1, -0.05) is 58.8 Å². The molecule has 0 radical (unpaired) electrons. The van der Waals surface area contributed by atoms with Crippen LogP contribution in [0.15, 0.2) is 0 Å². The molecule has 2 rings (SSSR count). The molecule has 5 heteroatoms. The Hall–Kier alpha value is -1.26. The number of carbonyl (C=O) groups excluding carboxylic acids is 2. The molecule has 2 unspecified atom stereocenters. The Kier molecular flexibility index (Phi) is 8.04. The van der Waals surface area contributed by atoms with Gasteiger partial charge in [0.25, 0.3) is 0 Å². The van der Waals surface area contributed by atoms with Crippen LogP contribution in [0.5, 0.6) is 0 Å². The molecule has 2 saturated carbocycles. The zero-order valence-electron chi connectivity index (χ0n) is 16.3. The van der Waals surface area contributed by atoms with Crippen molar-refractivity contribution in [3.63, 3.8) is 0 Å². The van der Waals surface area contributed by atoms with Crippen LogP contribution in [0.25, 0.3) is 0 Å². The lowest BCUT2D eigenvalue weighted by molar-refractivity contribution is -0.144. The topological polar surface area (TPSA) is 58.6 Å². The second-order valence-corrected chi connectivity index (χ2v) is 7.83. The van der Waals surface area contributed by atoms with Crippen molar-refractivity contribution in [2.75, 3.05) is 7.11 Å². The van der Waals surface area contributed by atoms with Gasteiger partial charge in [-0.05, 0) is 31.6 Å². The maximum absolute atomic E-state index is 13.2. The van der Waals surface area contributed by atoms with Gasteiger partial charge in [-0.2, -0.15) is 0 Å². The summed E-state index contributed by atoms with van der Waals surface area (Å²) in [6.07, 6.45) is 12.5. The van der Waals surface area contributed by atoms with E-state index < -0.39 is 6.04 Å². The highest BCUT2D eigenvalue weighted by Gasteiger charge is 2.35. The number of nitrogens with zero attached hydrogens (tertiary/aromatic N) is 1. The number of esters is 1. The molecule has 144 valence electrons. The highest BCUT2D eigenvalue weighted by Crippen LogP contribution is 2.30. The van der Waals surface area contributed by atoms with Crippen LogP contribution < -0.4 is 5.32 Å². The fraction of sp³-hybridized carbons (Fsp3) is 0.900. The fourth-order valence-corrected chi connectivity index (χ4v) is 4.35. The normalized spacial score (nSPS) is 22.0. The minimum Gasteiger partial charge on any atom is -0.467 e. The number of carbonyl (C=O) groups is 2. The average Bonchev–Trinajstić information content (AvgIpc) is 2.66. The standard InChI is InChI=1S/C20H36N2O3/c1-4-15(2)18(19(23)25-3)21-20(24)22(16-11-7-5-8-12-16)17-13-9-6-10-14-17/h15-18H,4-14H2,1-3H3,(H,21,24). The molecule has 0 aromatic rings. The van der Waals surface area contributed by atoms with E-state index in [1.807, 2.05) is 13.8 Å². The molecule has 0 bridgehead atoms. The van der Waals surface area contributed by atoms with E-state index in [2.05, 4.69) is 10.2 Å². The number of hydrogen-bond acceptors (Lipinski definition) is 3. The number of methoxy groups -OCH3 is 1. The summed E-state index contributed by atoms with van der Waals surface area (Å²) < 4.78 is 4.93. The molecule has 1 N–H and O–H groups in total. The first-order valence-electron chi connectivity index (χ1n) is 10.2. The summed E-state index contributed by atoms with van der Waals surface area (Å²) in [6, 6.07) is 0.0332. The van der Waals surface area contributed by atoms with Crippen molar-refractivity contribution in [1.29, 1.82) is 0 Å². The van der Waals surface area contributed by atoms with Crippen LogP contribution in [0.4, 0.5) is 4.79 Å². The van der Waals surface area contributed by atoms with E-state index in [-0.39, 0.29) is 17.9 Å². The van der Waals surface area contributed by atoms with E-state index in [0.717, 1.165) is 32.1 Å². The SMILES string of the molecule is CCC(C)C(NC(=O)N(C1CCCCC1)C1CCCCC1)C(=O)OC. The number of amides is 2. The maximum Gasteiger partial charge on any atom is 0.328 e. The summed E-state index contributed by atoms with van der Waals surface area (Å²) in [7, 11) is 1.39. The molecule has 0 aromatic carbocycles. The molecular weight excluding hydrogens is 316 g/mol. The molecule has 0 aliphatic heterocycles. The Bertz CT molecular complexity index is 411. The summed E-state index contributed by atoms with van der Waals surface area (Å²) in [4.78, 5) is 27.5. The van der Waals surface area contributed by atoms with E-state index in [1.165, 1.54) is 45.6 Å². The predicted octanol–water partition coefficient (Wildman–Crippen LogP) is 4.25. The largest absolute Gasteiger partial charge is 0.467 e. The van der Waals surface area contributed by atoms with Crippen molar-refractivity contribution in [1.82, 2.24) is 10.2 Å². The number of rotatable bonds is 6. The first kappa shape index (κ1) is 20.1. The Morgan fingerprint density at radius 3 is 1.88 bits per heavy atom. The van der Waals surface area contributed by atoms with Crippen LogP contribution in [0.1, 0.15) is 84.5 Å². The molecular formula is C20H36N2O3. The third-order valence-electron chi connectivity index (χ3n) is 6.12. The Morgan fingerprint density at radius 1 is 1.00 bits per heavy atom. The molecule has 5 nitrogen and oxygen atoms in total. The average molecular weight is 353 g/mol. The van der Waals surface area contributed by atoms with Crippen LogP contribution >= 0.6 is 0 Å². The summed E-state index contributed by atoms with van der Waals surface area (Å²) in [6.45, 7) is 4.03. The molecule has 2 amide bonds. The number of nitrogens with one attached hydrogen (secondary N) is 1. The monoisotopic (exact) mass is 352 g/mol. The zero-order chi connectivity index (χ0) is 18.2. The third kappa shape index (κ3) is 5.35. The summed E-state index contributed by atoms with van der Waals surface area (Å²) in [5, 5.41) is 3.03. The van der Waals surface area contributed by atoms with Crippen LogP contribution in [0, 0.1) is 5.92 Å². The van der Waals surface area contributed by atoms with Gasteiger partial charge in [0.2, 0.25) is 0 Å². The highest BCUT2D eigenvalue weighted by molar-refractivity contribution is 5.84. The van der Waals surface area contributed by atoms with Crippen molar-refractivity contribution in [3.8, 4) is 0 Å². The zero-order valence-corrected chi connectivity index (χ0v) is 16.3. The Balaban J connectivity index is 2.13. The van der Waals surface area contributed by atoms with Gasteiger partial charge in [-0.25, -0.2) is 9.59 Å². The van der Waals surface area contributed by atoms with Gasteiger partial charge in [-0.15, -0.1) is 0 Å². The predicted molar refractivity (Wildman–Crippen MR) is 99.4 cm³/mol. The van der Waals surface area contributed by atoms with Crippen molar-refractivity contribution >= 4 is 12.0 Å². The quantitative estimate of drug-likeness (QED) is 0.727. The number of urea groups is 1. The van der Waals surface area contributed by atoms with Gasteiger partial charge in [0.1, 0.15) is 6.04 Å². The lowest BCUT2D eigenvalue weighted by Crippen LogP contribution is -2.57. The molecule has 25 heavy (non-hydrogen) atoms. The molecule has 0 spiro atoms. The van der Waals surface area contributed by atoms with Crippen LogP contribution in [-0.4, -0.2) is 42.1 Å². The number of ether oxygens (including phenoxy) is 1. The van der Waals surface area contributed by atoms with Crippen molar-refractivity contribution < 1.29 is 14.3 Å². The van der Waals surface area contributed by atoms with Gasteiger partial charge in [0.05, 0.1) is 7.11 Å². The maximum atomic E-state index is 13.2. The lowest BCUT2D eigenvalue weighted by Gasteiger charge is -2.42. The minimum absolute atomic E-state index is 0.0606. The number of hydrogen-bond donors (Lipinski definition) is 1. The first-order valence-corrected chi connectivity index (χ1v) is 10.2. The second-order valence-electron chi connectivity index (χ2n) is 7.83. The van der Waals surface area contributed by atoms with Crippen LogP contribution in [-0.2, 0) is 9.53 Å². The lowest BCUT2D eigenvalue weighted by atomic mass is 9.89. The van der Waals surface area contributed by atoms with Gasteiger partial charge in [-0.3, -0.25) is 0 Å². The summed E-state index contributed by atoms with van der Waals surface area (Å²) >= 11 is 0. The van der Waals surface area contributed by atoms with Crippen molar-refractivity contribution in [3.05, 3.63) is 0 Å². The summed E-state index contributed by atoms with van der Waals surface area (Å²) in [5.74, 6) is -0.272. The molecule has 2 aliphatic carbocycles. The smallest absolute Gasteiger partial charge is 0.328 e.